The average Bonchev–Trinajstić information content (AvgIpc) is 3.23. The summed E-state index contributed by atoms with van der Waals surface area (Å²) in [6, 6.07) is 23.8. The lowest BCUT2D eigenvalue weighted by Gasteiger charge is -2.35. The van der Waals surface area contributed by atoms with Crippen molar-refractivity contribution < 1.29 is 4.74 Å². The van der Waals surface area contributed by atoms with Crippen LogP contribution in [0.2, 0.25) is 0 Å². The van der Waals surface area contributed by atoms with Crippen molar-refractivity contribution in [3.8, 4) is 17.2 Å². The largest absolute Gasteiger partial charge is 0.458 e. The van der Waals surface area contributed by atoms with Crippen LogP contribution in [0.1, 0.15) is 104 Å². The number of fused-ring (bicyclic) bond motifs is 7. The second-order valence-corrected chi connectivity index (χ2v) is 16.2. The Hall–Kier alpha value is -3.46. The van der Waals surface area contributed by atoms with Crippen LogP contribution in [0.4, 0.5) is 0 Å². The van der Waals surface area contributed by atoms with Gasteiger partial charge in [0.2, 0.25) is 0 Å². The summed E-state index contributed by atoms with van der Waals surface area (Å²) in [5.41, 5.74) is 13.4. The fourth-order valence-electron chi connectivity index (χ4n) is 7.00. The molecule has 0 aliphatic carbocycles. The van der Waals surface area contributed by atoms with E-state index in [0.29, 0.717) is 5.92 Å². The van der Waals surface area contributed by atoms with Crippen molar-refractivity contribution in [3.05, 3.63) is 82.9 Å². The van der Waals surface area contributed by atoms with Crippen LogP contribution in [0.25, 0.3) is 27.5 Å². The number of rotatable bonds is 1. The molecular weight excluding hydrogens is 509 g/mol. The fourth-order valence-corrected chi connectivity index (χ4v) is 7.00. The molecule has 4 aromatic carbocycles. The van der Waals surface area contributed by atoms with Crippen LogP contribution in [0.15, 0.2) is 60.7 Å². The second kappa shape index (κ2) is 8.56. The number of ether oxygens (including phenoxy) is 1. The van der Waals surface area contributed by atoms with Crippen molar-refractivity contribution in [2.45, 2.75) is 98.3 Å². The molecule has 0 atom stereocenters. The lowest BCUT2D eigenvalue weighted by Crippen LogP contribution is -2.58. The molecule has 0 N–H and O–H groups in total. The van der Waals surface area contributed by atoms with E-state index in [0.717, 1.165) is 11.5 Å². The molecule has 0 saturated carbocycles. The quantitative estimate of drug-likeness (QED) is 0.186. The summed E-state index contributed by atoms with van der Waals surface area (Å²) < 4.78 is 9.39. The molecular formula is C39H44BNO. The van der Waals surface area contributed by atoms with Crippen molar-refractivity contribution in [2.24, 2.45) is 0 Å². The topological polar surface area (TPSA) is 14.2 Å². The molecule has 2 aliphatic heterocycles. The zero-order valence-corrected chi connectivity index (χ0v) is 27.3. The Labute approximate surface area is 252 Å². The summed E-state index contributed by atoms with van der Waals surface area (Å²) in [6.45, 7) is 25.5. The third kappa shape index (κ3) is 3.92. The predicted octanol–water partition coefficient (Wildman–Crippen LogP) is 8.73. The molecule has 0 bridgehead atoms. The molecule has 2 aliphatic rings. The van der Waals surface area contributed by atoms with Crippen molar-refractivity contribution in [1.82, 2.24) is 4.57 Å². The Bertz CT molecular complexity index is 1930. The summed E-state index contributed by atoms with van der Waals surface area (Å²) in [7, 11) is 0. The van der Waals surface area contributed by atoms with E-state index in [4.69, 9.17) is 4.74 Å². The van der Waals surface area contributed by atoms with Crippen LogP contribution in [-0.4, -0.2) is 11.3 Å². The first-order valence-electron chi connectivity index (χ1n) is 15.7. The first kappa shape index (κ1) is 27.4. The van der Waals surface area contributed by atoms with Crippen molar-refractivity contribution in [2.75, 3.05) is 0 Å². The summed E-state index contributed by atoms with van der Waals surface area (Å²) in [5.74, 6) is 2.39. The molecule has 0 saturated heterocycles. The third-order valence-electron chi connectivity index (χ3n) is 9.68. The Morgan fingerprint density at radius 1 is 0.619 bits per heavy atom. The van der Waals surface area contributed by atoms with Gasteiger partial charge in [-0.2, -0.15) is 0 Å². The summed E-state index contributed by atoms with van der Waals surface area (Å²) in [6.07, 6.45) is 0. The minimum Gasteiger partial charge on any atom is -0.458 e. The van der Waals surface area contributed by atoms with Gasteiger partial charge >= 0.3 is 0 Å². The van der Waals surface area contributed by atoms with Crippen molar-refractivity contribution in [1.29, 1.82) is 0 Å². The monoisotopic (exact) mass is 553 g/mol. The smallest absolute Gasteiger partial charge is 0.256 e. The molecule has 0 unspecified atom stereocenters. The highest BCUT2D eigenvalue weighted by atomic mass is 16.5. The van der Waals surface area contributed by atoms with Gasteiger partial charge in [0, 0.05) is 22.0 Å². The van der Waals surface area contributed by atoms with E-state index < -0.39 is 0 Å². The number of hydrogen-bond acceptors (Lipinski definition) is 1. The van der Waals surface area contributed by atoms with E-state index in [1.807, 2.05) is 0 Å². The molecule has 0 amide bonds. The molecule has 3 heteroatoms. The van der Waals surface area contributed by atoms with E-state index in [-0.39, 0.29) is 23.0 Å². The molecule has 1 aromatic heterocycles. The van der Waals surface area contributed by atoms with Gasteiger partial charge in [0.1, 0.15) is 11.5 Å². The molecule has 0 fully saturated rings. The summed E-state index contributed by atoms with van der Waals surface area (Å²) >= 11 is 0. The average molecular weight is 554 g/mol. The van der Waals surface area contributed by atoms with Gasteiger partial charge in [-0.15, -0.1) is 0 Å². The molecule has 5 aromatic rings. The number of hydrogen-bond donors (Lipinski definition) is 0. The van der Waals surface area contributed by atoms with Crippen LogP contribution in [0.5, 0.6) is 11.5 Å². The van der Waals surface area contributed by atoms with E-state index >= 15 is 0 Å². The van der Waals surface area contributed by atoms with Crippen LogP contribution in [0.3, 0.4) is 0 Å². The van der Waals surface area contributed by atoms with Crippen molar-refractivity contribution >= 4 is 44.9 Å². The van der Waals surface area contributed by atoms with Crippen LogP contribution in [-0.2, 0) is 16.2 Å². The first-order valence-corrected chi connectivity index (χ1v) is 15.7. The maximum Gasteiger partial charge on any atom is 0.256 e. The molecule has 2 nitrogen and oxygen atoms in total. The standard InChI is InChI=1S/C39H44BNO/c1-22(2)23-16-32-35-34(17-23)42-33-15-13-25(38(6,7)8)20-29(33)40(35)30-21-26(39(9,10)11)19-28-27-18-24(37(3,4)5)12-14-31(27)41(32)36(28)30/h12-22H,1-11H3. The first-order chi connectivity index (χ1) is 19.5. The van der Waals surface area contributed by atoms with Crippen LogP contribution >= 0.6 is 0 Å². The Balaban J connectivity index is 1.69. The highest BCUT2D eigenvalue weighted by molar-refractivity contribution is 6.99. The number of nitrogens with zero attached hydrogens (tertiary/aromatic N) is 1. The molecule has 0 radical (unpaired) electrons. The summed E-state index contributed by atoms with van der Waals surface area (Å²) in [5, 5.41) is 2.71. The Morgan fingerprint density at radius 2 is 1.21 bits per heavy atom. The van der Waals surface area contributed by atoms with Gasteiger partial charge in [-0.3, -0.25) is 0 Å². The van der Waals surface area contributed by atoms with E-state index in [2.05, 4.69) is 141 Å². The summed E-state index contributed by atoms with van der Waals surface area (Å²) in [4.78, 5) is 0. The molecule has 0 spiro atoms. The highest BCUT2D eigenvalue weighted by Gasteiger charge is 2.42. The predicted molar refractivity (Wildman–Crippen MR) is 182 cm³/mol. The zero-order chi connectivity index (χ0) is 30.1. The van der Waals surface area contributed by atoms with Crippen molar-refractivity contribution in [3.63, 3.8) is 0 Å². The van der Waals surface area contributed by atoms with Crippen LogP contribution < -0.4 is 21.1 Å². The normalized spacial score (nSPS) is 14.4. The van der Waals surface area contributed by atoms with E-state index in [1.54, 1.807) is 0 Å². The molecule has 214 valence electrons. The zero-order valence-electron chi connectivity index (χ0n) is 27.3. The Morgan fingerprint density at radius 3 is 1.86 bits per heavy atom. The van der Waals surface area contributed by atoms with E-state index in [9.17, 15) is 0 Å². The third-order valence-corrected chi connectivity index (χ3v) is 9.68. The fraction of sp³-hybridized carbons (Fsp3) is 0.385. The minimum atomic E-state index is 0.0204. The molecule has 42 heavy (non-hydrogen) atoms. The SMILES string of the molecule is CC(C)c1cc2c3c(c1)-n1c4ccc(C(C)(C)C)cc4c4cc(C(C)(C)C)cc(c41)B3c1cc(C(C)(C)C)ccc1O2. The second-order valence-electron chi connectivity index (χ2n) is 16.2. The highest BCUT2D eigenvalue weighted by Crippen LogP contribution is 2.42. The molecule has 3 heterocycles. The lowest BCUT2D eigenvalue weighted by atomic mass is 9.34. The Kier molecular flexibility index (Phi) is 5.58. The van der Waals surface area contributed by atoms with Gasteiger partial charge in [0.15, 0.2) is 0 Å². The minimum absolute atomic E-state index is 0.0204. The van der Waals surface area contributed by atoms with Gasteiger partial charge in [0.05, 0.1) is 5.52 Å². The van der Waals surface area contributed by atoms with Gasteiger partial charge in [-0.05, 0) is 97.2 Å². The van der Waals surface area contributed by atoms with Gasteiger partial charge in [-0.25, -0.2) is 0 Å². The number of aromatic nitrogens is 1. The maximum absolute atomic E-state index is 6.83. The van der Waals surface area contributed by atoms with Gasteiger partial charge in [0.25, 0.3) is 6.71 Å². The van der Waals surface area contributed by atoms with Gasteiger partial charge in [-0.1, -0.05) is 100 Å². The number of benzene rings is 4. The molecule has 7 rings (SSSR count). The maximum atomic E-state index is 6.83. The lowest BCUT2D eigenvalue weighted by molar-refractivity contribution is 0.485. The van der Waals surface area contributed by atoms with Crippen LogP contribution in [0, 0.1) is 0 Å². The van der Waals surface area contributed by atoms with E-state index in [1.165, 1.54) is 66.1 Å². The van der Waals surface area contributed by atoms with Gasteiger partial charge < -0.3 is 9.30 Å².